The predicted molar refractivity (Wildman–Crippen MR) is 103 cm³/mol. The number of methoxy groups -OCH3 is 1. The summed E-state index contributed by atoms with van der Waals surface area (Å²) in [6, 6.07) is 4.06. The summed E-state index contributed by atoms with van der Waals surface area (Å²) < 4.78 is 11.7. The summed E-state index contributed by atoms with van der Waals surface area (Å²) in [5, 5.41) is 33.8. The van der Waals surface area contributed by atoms with Crippen molar-refractivity contribution in [2.45, 2.75) is 43.3 Å². The lowest BCUT2D eigenvalue weighted by molar-refractivity contribution is -0.176. The Labute approximate surface area is 174 Å². The Morgan fingerprint density at radius 3 is 2.07 bits per heavy atom. The van der Waals surface area contributed by atoms with Crippen molar-refractivity contribution in [1.82, 2.24) is 4.90 Å². The smallest absolute Gasteiger partial charge is 0.336 e. The Bertz CT molecular complexity index is 715. The summed E-state index contributed by atoms with van der Waals surface area (Å²) in [6.07, 6.45) is 3.30. The fourth-order valence-electron chi connectivity index (χ4n) is 4.70. The van der Waals surface area contributed by atoms with Gasteiger partial charge in [0.05, 0.1) is 19.1 Å². The zero-order valence-corrected chi connectivity index (χ0v) is 17.1. The van der Waals surface area contributed by atoms with Gasteiger partial charge in [-0.25, -0.2) is 4.79 Å². The van der Waals surface area contributed by atoms with Gasteiger partial charge < -0.3 is 34.5 Å². The van der Waals surface area contributed by atoms with Crippen LogP contribution in [0.2, 0.25) is 0 Å². The van der Waals surface area contributed by atoms with E-state index >= 15 is 0 Å². The maximum atomic E-state index is 10.3. The Balaban J connectivity index is 0.000000224. The molecule has 10 nitrogen and oxygen atoms in total. The number of hydrogen-bond acceptors (Lipinski definition) is 7. The number of carbonyl (C=O) groups is 3. The van der Waals surface area contributed by atoms with Crippen molar-refractivity contribution in [3.8, 4) is 0 Å². The SMILES string of the molecule is COC1(c2ccco2)C2CCCC1CN(C)C2.O=C(O)CC(O)(CC(=O)O)C(=O)O. The summed E-state index contributed by atoms with van der Waals surface area (Å²) in [5.41, 5.74) is -2.91. The van der Waals surface area contributed by atoms with Gasteiger partial charge in [-0.05, 0) is 32.0 Å². The highest BCUT2D eigenvalue weighted by molar-refractivity contribution is 5.88. The third kappa shape index (κ3) is 5.00. The lowest BCUT2D eigenvalue weighted by atomic mass is 9.64. The minimum atomic E-state index is -2.74. The van der Waals surface area contributed by atoms with Gasteiger partial charge in [0, 0.05) is 32.0 Å². The van der Waals surface area contributed by atoms with Crippen LogP contribution < -0.4 is 0 Å². The quantitative estimate of drug-likeness (QED) is 0.499. The first-order chi connectivity index (χ1) is 14.0. The second-order valence-electron chi connectivity index (χ2n) is 8.00. The Hall–Kier alpha value is -2.43. The van der Waals surface area contributed by atoms with E-state index in [1.165, 1.54) is 19.3 Å². The lowest BCUT2D eigenvalue weighted by Crippen LogP contribution is -2.58. The lowest BCUT2D eigenvalue weighted by Gasteiger charge is -2.53. The van der Waals surface area contributed by atoms with E-state index in [2.05, 4.69) is 18.0 Å². The molecule has 1 aromatic heterocycles. The summed E-state index contributed by atoms with van der Waals surface area (Å²) in [5.74, 6) is -2.86. The van der Waals surface area contributed by atoms with Crippen LogP contribution in [0.15, 0.2) is 22.8 Å². The number of carboxylic acids is 3. The van der Waals surface area contributed by atoms with Crippen molar-refractivity contribution in [3.63, 3.8) is 0 Å². The van der Waals surface area contributed by atoms with Crippen LogP contribution in [0.1, 0.15) is 37.9 Å². The molecular formula is C20H29NO9. The number of rotatable bonds is 7. The van der Waals surface area contributed by atoms with Gasteiger partial charge in [-0.2, -0.15) is 0 Å². The van der Waals surface area contributed by atoms with E-state index in [4.69, 9.17) is 29.6 Å². The molecule has 2 aliphatic rings. The summed E-state index contributed by atoms with van der Waals surface area (Å²) in [4.78, 5) is 32.9. The first-order valence-corrected chi connectivity index (χ1v) is 9.72. The molecule has 0 aromatic carbocycles. The fraction of sp³-hybridized carbons (Fsp3) is 0.650. The molecule has 2 atom stereocenters. The maximum absolute atomic E-state index is 10.3. The second kappa shape index (κ2) is 9.59. The normalized spacial score (nSPS) is 26.4. The zero-order valence-electron chi connectivity index (χ0n) is 17.1. The van der Waals surface area contributed by atoms with Crippen LogP contribution in [0.5, 0.6) is 0 Å². The maximum Gasteiger partial charge on any atom is 0.336 e. The van der Waals surface area contributed by atoms with Crippen LogP contribution in [0.4, 0.5) is 0 Å². The van der Waals surface area contributed by atoms with E-state index < -0.39 is 36.4 Å². The molecule has 4 N–H and O–H groups in total. The molecule has 2 heterocycles. The molecule has 10 heteroatoms. The molecule has 30 heavy (non-hydrogen) atoms. The first-order valence-electron chi connectivity index (χ1n) is 9.72. The van der Waals surface area contributed by atoms with Gasteiger partial charge in [0.25, 0.3) is 0 Å². The number of nitrogens with zero attached hydrogens (tertiary/aromatic N) is 1. The van der Waals surface area contributed by atoms with Crippen LogP contribution >= 0.6 is 0 Å². The third-order valence-corrected chi connectivity index (χ3v) is 5.91. The topological polar surface area (TPSA) is 158 Å². The van der Waals surface area contributed by atoms with Gasteiger partial charge in [0.1, 0.15) is 11.4 Å². The molecule has 1 aromatic rings. The van der Waals surface area contributed by atoms with Gasteiger partial charge >= 0.3 is 17.9 Å². The number of furan rings is 1. The van der Waals surface area contributed by atoms with Crippen molar-refractivity contribution < 1.29 is 44.0 Å². The highest BCUT2D eigenvalue weighted by Crippen LogP contribution is 2.51. The summed E-state index contributed by atoms with van der Waals surface area (Å²) in [6.45, 7) is 2.23. The molecular weight excluding hydrogens is 398 g/mol. The molecule has 2 unspecified atom stereocenters. The number of fused-ring (bicyclic) bond motifs is 2. The number of aliphatic hydroxyl groups is 1. The molecule has 0 spiro atoms. The highest BCUT2D eigenvalue weighted by Gasteiger charge is 2.54. The molecule has 1 saturated heterocycles. The van der Waals surface area contributed by atoms with Crippen LogP contribution in [0.3, 0.4) is 0 Å². The molecule has 1 aliphatic heterocycles. The zero-order chi connectivity index (χ0) is 22.5. The molecule has 3 rings (SSSR count). The Morgan fingerprint density at radius 2 is 1.70 bits per heavy atom. The van der Waals surface area contributed by atoms with E-state index in [1.54, 1.807) is 6.26 Å². The monoisotopic (exact) mass is 427 g/mol. The van der Waals surface area contributed by atoms with E-state index in [0.29, 0.717) is 11.8 Å². The number of aliphatic carboxylic acids is 3. The fourth-order valence-corrected chi connectivity index (χ4v) is 4.70. The van der Waals surface area contributed by atoms with Gasteiger partial charge in [0.2, 0.25) is 0 Å². The van der Waals surface area contributed by atoms with Crippen LogP contribution in [0, 0.1) is 11.8 Å². The molecule has 0 amide bonds. The van der Waals surface area contributed by atoms with Crippen molar-refractivity contribution in [2.75, 3.05) is 27.2 Å². The van der Waals surface area contributed by atoms with Gasteiger partial charge in [-0.3, -0.25) is 9.59 Å². The molecule has 1 aliphatic carbocycles. The number of carboxylic acid groups (broad SMARTS) is 3. The highest BCUT2D eigenvalue weighted by atomic mass is 16.5. The van der Waals surface area contributed by atoms with Crippen molar-refractivity contribution in [1.29, 1.82) is 0 Å². The molecule has 0 radical (unpaired) electrons. The molecule has 168 valence electrons. The average Bonchev–Trinajstić information content (AvgIpc) is 3.15. The minimum Gasteiger partial charge on any atom is -0.481 e. The number of piperidine rings is 1. The Morgan fingerprint density at radius 1 is 1.17 bits per heavy atom. The van der Waals surface area contributed by atoms with E-state index in [9.17, 15) is 14.4 Å². The van der Waals surface area contributed by atoms with Crippen molar-refractivity contribution >= 4 is 17.9 Å². The number of hydrogen-bond donors (Lipinski definition) is 4. The predicted octanol–water partition coefficient (Wildman–Crippen LogP) is 1.23. The molecule has 2 bridgehead atoms. The summed E-state index contributed by atoms with van der Waals surface area (Å²) in [7, 11) is 4.06. The van der Waals surface area contributed by atoms with E-state index in [-0.39, 0.29) is 5.60 Å². The minimum absolute atomic E-state index is 0.172. The second-order valence-corrected chi connectivity index (χ2v) is 8.00. The summed E-state index contributed by atoms with van der Waals surface area (Å²) >= 11 is 0. The van der Waals surface area contributed by atoms with Crippen molar-refractivity contribution in [2.24, 2.45) is 11.8 Å². The van der Waals surface area contributed by atoms with Gasteiger partial charge in [0.15, 0.2) is 5.60 Å². The average molecular weight is 427 g/mol. The van der Waals surface area contributed by atoms with Crippen LogP contribution in [0.25, 0.3) is 0 Å². The standard InChI is InChI=1S/C14H21NO2.C6H8O7/c1-15-9-11-5-3-6-12(10-15)14(11,16-2)13-7-4-8-17-13;7-3(8)1-6(13,5(11)12)2-4(9)10/h4,7-8,11-12H,3,5-6,9-10H2,1-2H3;13H,1-2H2,(H,7,8)(H,9,10)(H,11,12). The van der Waals surface area contributed by atoms with Crippen LogP contribution in [-0.4, -0.2) is 76.1 Å². The van der Waals surface area contributed by atoms with Gasteiger partial charge in [-0.1, -0.05) is 6.42 Å². The Kier molecular flexibility index (Phi) is 7.62. The number of ether oxygens (including phenoxy) is 1. The molecule has 1 saturated carbocycles. The van der Waals surface area contributed by atoms with E-state index in [1.807, 2.05) is 13.2 Å². The third-order valence-electron chi connectivity index (χ3n) is 5.91. The van der Waals surface area contributed by atoms with E-state index in [0.717, 1.165) is 18.8 Å². The molecule has 2 fully saturated rings. The largest absolute Gasteiger partial charge is 0.481 e. The first kappa shape index (κ1) is 23.8. The van der Waals surface area contributed by atoms with Crippen LogP contribution in [-0.2, 0) is 24.7 Å². The van der Waals surface area contributed by atoms with Gasteiger partial charge in [-0.15, -0.1) is 0 Å². The van der Waals surface area contributed by atoms with Crippen molar-refractivity contribution in [3.05, 3.63) is 24.2 Å². The number of likely N-dealkylation sites (tertiary alicyclic amines) is 1.